The van der Waals surface area contributed by atoms with Gasteiger partial charge in [-0.3, -0.25) is 4.79 Å². The van der Waals surface area contributed by atoms with Crippen molar-refractivity contribution < 1.29 is 9.53 Å². The SMILES string of the molecule is CCCCCCCCCCCCCC1OC(=O)C1CC. The molecule has 0 aromatic heterocycles. The van der Waals surface area contributed by atoms with Gasteiger partial charge in [0, 0.05) is 0 Å². The monoisotopic (exact) mass is 282 g/mol. The van der Waals surface area contributed by atoms with E-state index in [2.05, 4.69) is 13.8 Å². The van der Waals surface area contributed by atoms with Gasteiger partial charge >= 0.3 is 5.97 Å². The molecule has 20 heavy (non-hydrogen) atoms. The molecule has 0 spiro atoms. The molecule has 2 nitrogen and oxygen atoms in total. The first-order chi connectivity index (χ1) is 9.79. The van der Waals surface area contributed by atoms with Crippen molar-refractivity contribution in [1.82, 2.24) is 0 Å². The van der Waals surface area contributed by atoms with E-state index < -0.39 is 0 Å². The number of unbranched alkanes of at least 4 members (excludes halogenated alkanes) is 10. The highest BCUT2D eigenvalue weighted by Gasteiger charge is 2.39. The summed E-state index contributed by atoms with van der Waals surface area (Å²) < 4.78 is 5.20. The Morgan fingerprint density at radius 2 is 1.30 bits per heavy atom. The third kappa shape index (κ3) is 6.76. The van der Waals surface area contributed by atoms with Gasteiger partial charge in [0.1, 0.15) is 6.10 Å². The maximum Gasteiger partial charge on any atom is 0.312 e. The summed E-state index contributed by atoms with van der Waals surface area (Å²) >= 11 is 0. The molecule has 0 N–H and O–H groups in total. The van der Waals surface area contributed by atoms with Crippen LogP contribution in [0.5, 0.6) is 0 Å². The molecule has 0 amide bonds. The Hall–Kier alpha value is -0.530. The third-order valence-electron chi connectivity index (χ3n) is 4.55. The molecular weight excluding hydrogens is 248 g/mol. The number of rotatable bonds is 13. The van der Waals surface area contributed by atoms with E-state index in [1.54, 1.807) is 0 Å². The van der Waals surface area contributed by atoms with E-state index in [1.807, 2.05) is 0 Å². The molecule has 0 aromatic rings. The first-order valence-corrected chi connectivity index (χ1v) is 9.00. The highest BCUT2D eigenvalue weighted by Crippen LogP contribution is 2.29. The summed E-state index contributed by atoms with van der Waals surface area (Å²) in [5, 5.41) is 0. The molecule has 0 aliphatic carbocycles. The topological polar surface area (TPSA) is 26.3 Å². The summed E-state index contributed by atoms with van der Waals surface area (Å²) in [5.41, 5.74) is 0. The standard InChI is InChI=1S/C18H34O2/c1-3-5-6-7-8-9-10-11-12-13-14-15-17-16(4-2)18(19)20-17/h16-17H,3-15H2,1-2H3. The zero-order valence-corrected chi connectivity index (χ0v) is 13.7. The second-order valence-corrected chi connectivity index (χ2v) is 6.31. The van der Waals surface area contributed by atoms with Crippen LogP contribution in [-0.2, 0) is 9.53 Å². The van der Waals surface area contributed by atoms with Crippen molar-refractivity contribution in [3.05, 3.63) is 0 Å². The zero-order valence-electron chi connectivity index (χ0n) is 13.7. The minimum Gasteiger partial charge on any atom is -0.461 e. The Kier molecular flexibility index (Phi) is 9.78. The molecule has 0 radical (unpaired) electrons. The number of ether oxygens (including phenoxy) is 1. The number of hydrogen-bond acceptors (Lipinski definition) is 2. The smallest absolute Gasteiger partial charge is 0.312 e. The number of cyclic esters (lactones) is 1. The summed E-state index contributed by atoms with van der Waals surface area (Å²) in [6.45, 7) is 4.35. The van der Waals surface area contributed by atoms with Crippen LogP contribution in [0.2, 0.25) is 0 Å². The highest BCUT2D eigenvalue weighted by atomic mass is 16.6. The minimum atomic E-state index is 0.0283. The van der Waals surface area contributed by atoms with Crippen LogP contribution in [0.3, 0.4) is 0 Å². The lowest BCUT2D eigenvalue weighted by Gasteiger charge is -2.34. The van der Waals surface area contributed by atoms with E-state index >= 15 is 0 Å². The van der Waals surface area contributed by atoms with Crippen LogP contribution in [0.25, 0.3) is 0 Å². The highest BCUT2D eigenvalue weighted by molar-refractivity contribution is 5.78. The molecule has 1 aliphatic heterocycles. The van der Waals surface area contributed by atoms with Gasteiger partial charge in [0.25, 0.3) is 0 Å². The molecule has 0 aromatic carbocycles. The molecule has 1 heterocycles. The van der Waals surface area contributed by atoms with Crippen LogP contribution in [-0.4, -0.2) is 12.1 Å². The summed E-state index contributed by atoms with van der Waals surface area (Å²) in [7, 11) is 0. The van der Waals surface area contributed by atoms with Crippen LogP contribution in [0.4, 0.5) is 0 Å². The van der Waals surface area contributed by atoms with E-state index in [0.29, 0.717) is 0 Å². The molecule has 2 unspecified atom stereocenters. The average molecular weight is 282 g/mol. The van der Waals surface area contributed by atoms with Gasteiger partial charge in [-0.15, -0.1) is 0 Å². The van der Waals surface area contributed by atoms with E-state index in [-0.39, 0.29) is 18.0 Å². The number of hydrogen-bond donors (Lipinski definition) is 0. The predicted octanol–water partition coefficient (Wildman–Crippen LogP) is 5.64. The number of esters is 1. The van der Waals surface area contributed by atoms with E-state index in [0.717, 1.165) is 12.8 Å². The van der Waals surface area contributed by atoms with Crippen molar-refractivity contribution in [1.29, 1.82) is 0 Å². The maximum atomic E-state index is 11.2. The largest absolute Gasteiger partial charge is 0.461 e. The van der Waals surface area contributed by atoms with Crippen molar-refractivity contribution >= 4 is 5.97 Å². The second kappa shape index (κ2) is 11.2. The Morgan fingerprint density at radius 1 is 0.800 bits per heavy atom. The zero-order chi connectivity index (χ0) is 14.6. The minimum absolute atomic E-state index is 0.0283. The van der Waals surface area contributed by atoms with Crippen molar-refractivity contribution in [2.45, 2.75) is 103 Å². The van der Waals surface area contributed by atoms with E-state index in [4.69, 9.17) is 4.74 Å². The van der Waals surface area contributed by atoms with Crippen LogP contribution >= 0.6 is 0 Å². The van der Waals surface area contributed by atoms with Gasteiger partial charge in [-0.2, -0.15) is 0 Å². The fourth-order valence-corrected chi connectivity index (χ4v) is 3.10. The number of carbonyl (C=O) groups excluding carboxylic acids is 1. The molecule has 1 fully saturated rings. The fraction of sp³-hybridized carbons (Fsp3) is 0.944. The van der Waals surface area contributed by atoms with Crippen molar-refractivity contribution in [3.63, 3.8) is 0 Å². The molecule has 1 saturated heterocycles. The van der Waals surface area contributed by atoms with Crippen molar-refractivity contribution in [2.75, 3.05) is 0 Å². The van der Waals surface area contributed by atoms with Gasteiger partial charge in [0.2, 0.25) is 0 Å². The molecule has 118 valence electrons. The molecular formula is C18H34O2. The lowest BCUT2D eigenvalue weighted by atomic mass is 9.90. The summed E-state index contributed by atoms with van der Waals surface area (Å²) in [6.07, 6.45) is 17.4. The molecule has 0 saturated carbocycles. The van der Waals surface area contributed by atoms with Crippen LogP contribution in [0.15, 0.2) is 0 Å². The van der Waals surface area contributed by atoms with Gasteiger partial charge in [0.15, 0.2) is 0 Å². The van der Waals surface area contributed by atoms with Gasteiger partial charge in [-0.05, 0) is 19.3 Å². The van der Waals surface area contributed by atoms with E-state index in [9.17, 15) is 4.79 Å². The summed E-state index contributed by atoms with van der Waals surface area (Å²) in [6, 6.07) is 0. The summed E-state index contributed by atoms with van der Waals surface area (Å²) in [5.74, 6) is 0.235. The molecule has 1 aliphatic rings. The molecule has 1 rings (SSSR count). The first kappa shape index (κ1) is 17.5. The molecule has 2 heteroatoms. The third-order valence-corrected chi connectivity index (χ3v) is 4.55. The van der Waals surface area contributed by atoms with Gasteiger partial charge < -0.3 is 4.74 Å². The normalized spacial score (nSPS) is 21.6. The van der Waals surface area contributed by atoms with Crippen molar-refractivity contribution in [2.24, 2.45) is 5.92 Å². The summed E-state index contributed by atoms with van der Waals surface area (Å²) in [4.78, 5) is 11.2. The quantitative estimate of drug-likeness (QED) is 0.323. The lowest BCUT2D eigenvalue weighted by molar-refractivity contribution is -0.185. The average Bonchev–Trinajstić information content (AvgIpc) is 2.43. The first-order valence-electron chi connectivity index (χ1n) is 9.00. The lowest BCUT2D eigenvalue weighted by Crippen LogP contribution is -2.44. The van der Waals surface area contributed by atoms with E-state index in [1.165, 1.54) is 70.6 Å². The number of carbonyl (C=O) groups is 1. The van der Waals surface area contributed by atoms with Crippen LogP contribution < -0.4 is 0 Å². The Labute approximate surface area is 125 Å². The fourth-order valence-electron chi connectivity index (χ4n) is 3.10. The van der Waals surface area contributed by atoms with Gasteiger partial charge in [-0.25, -0.2) is 0 Å². The Bertz CT molecular complexity index is 250. The second-order valence-electron chi connectivity index (χ2n) is 6.31. The van der Waals surface area contributed by atoms with Crippen LogP contribution in [0, 0.1) is 5.92 Å². The predicted molar refractivity (Wildman–Crippen MR) is 84.7 cm³/mol. The Balaban J connectivity index is 1.78. The van der Waals surface area contributed by atoms with Crippen LogP contribution in [0.1, 0.15) is 97.3 Å². The molecule has 0 bridgehead atoms. The molecule has 2 atom stereocenters. The maximum absolute atomic E-state index is 11.2. The van der Waals surface area contributed by atoms with Crippen molar-refractivity contribution in [3.8, 4) is 0 Å². The van der Waals surface area contributed by atoms with Gasteiger partial charge in [-0.1, -0.05) is 78.1 Å². The van der Waals surface area contributed by atoms with Gasteiger partial charge in [0.05, 0.1) is 5.92 Å². The Morgan fingerprint density at radius 3 is 1.75 bits per heavy atom.